The fraction of sp³-hybridized carbons (Fsp3) is 0.0278. The lowest BCUT2D eigenvalue weighted by Gasteiger charge is -2.33. The Morgan fingerprint density at radius 1 is 0.571 bits per heavy atom. The third-order valence-corrected chi connectivity index (χ3v) is 9.71. The maximum absolute atomic E-state index is 15.5. The van der Waals surface area contributed by atoms with Crippen LogP contribution in [0.15, 0.2) is 126 Å². The van der Waals surface area contributed by atoms with Gasteiger partial charge in [-0.15, -0.1) is 0 Å². The minimum absolute atomic E-state index is 0.250. The first-order valence-electron chi connectivity index (χ1n) is 13.2. The smallest absolute Gasteiger partial charge is 0.135 e. The Bertz CT molecular complexity index is 1960. The van der Waals surface area contributed by atoms with Crippen molar-refractivity contribution in [3.8, 4) is 33.5 Å². The van der Waals surface area contributed by atoms with Gasteiger partial charge >= 0.3 is 0 Å². The standard InChI is InChI=1S/C36H20BrF2I2N/c37-23-9-4-6-21(16-23)28-19-29(33(39)20-32(28)38)34-10-5-11-35(42-34)36(22-7-2-1-3-8-22)30-17-24(40)12-14-26(30)27-15-13-25(41)18-31(27)36/h1-20H. The van der Waals surface area contributed by atoms with Crippen LogP contribution >= 0.6 is 61.1 Å². The van der Waals surface area contributed by atoms with Crippen molar-refractivity contribution < 1.29 is 8.78 Å². The monoisotopic (exact) mass is 837 g/mol. The molecule has 1 aliphatic rings. The fourth-order valence-corrected chi connectivity index (χ4v) is 7.49. The predicted molar refractivity (Wildman–Crippen MR) is 185 cm³/mol. The first kappa shape index (κ1) is 27.9. The molecule has 1 aliphatic carbocycles. The van der Waals surface area contributed by atoms with Crippen LogP contribution in [0.2, 0.25) is 0 Å². The van der Waals surface area contributed by atoms with Crippen molar-refractivity contribution in [1.29, 1.82) is 0 Å². The number of pyridine rings is 1. The summed E-state index contributed by atoms with van der Waals surface area (Å²) in [6.07, 6.45) is 0. The van der Waals surface area contributed by atoms with E-state index in [-0.39, 0.29) is 5.56 Å². The largest absolute Gasteiger partial charge is 0.251 e. The minimum atomic E-state index is -0.728. The summed E-state index contributed by atoms with van der Waals surface area (Å²) in [6, 6.07) is 39.1. The number of rotatable bonds is 4. The maximum atomic E-state index is 15.5. The van der Waals surface area contributed by atoms with Gasteiger partial charge in [-0.3, -0.25) is 4.98 Å². The van der Waals surface area contributed by atoms with Crippen LogP contribution in [0.3, 0.4) is 0 Å². The summed E-state index contributed by atoms with van der Waals surface area (Å²) in [5.41, 5.74) is 7.38. The van der Waals surface area contributed by atoms with Gasteiger partial charge in [0.25, 0.3) is 0 Å². The van der Waals surface area contributed by atoms with Gasteiger partial charge in [0.1, 0.15) is 11.6 Å². The Kier molecular flexibility index (Phi) is 7.27. The summed E-state index contributed by atoms with van der Waals surface area (Å²) < 4.78 is 33.7. The van der Waals surface area contributed by atoms with Crippen LogP contribution < -0.4 is 0 Å². The molecule has 0 saturated heterocycles. The molecule has 6 aromatic rings. The first-order valence-corrected chi connectivity index (χ1v) is 16.2. The average Bonchev–Trinajstić information content (AvgIpc) is 3.27. The number of fused-ring (bicyclic) bond motifs is 3. The Hall–Kier alpha value is -2.95. The summed E-state index contributed by atoms with van der Waals surface area (Å²) in [4.78, 5) is 5.20. The van der Waals surface area contributed by atoms with Gasteiger partial charge in [0, 0.05) is 28.8 Å². The van der Waals surface area contributed by atoms with Crippen LogP contribution in [0.1, 0.15) is 22.4 Å². The summed E-state index contributed by atoms with van der Waals surface area (Å²) >= 11 is 8.18. The van der Waals surface area contributed by atoms with E-state index in [9.17, 15) is 0 Å². The van der Waals surface area contributed by atoms with E-state index in [1.165, 1.54) is 0 Å². The van der Waals surface area contributed by atoms with Crippen molar-refractivity contribution in [2.24, 2.45) is 0 Å². The Morgan fingerprint density at radius 2 is 1.21 bits per heavy atom. The van der Waals surface area contributed by atoms with Crippen LogP contribution in [0.25, 0.3) is 33.5 Å². The second-order valence-corrected chi connectivity index (χ2v) is 13.6. The highest BCUT2D eigenvalue weighted by Crippen LogP contribution is 2.56. The van der Waals surface area contributed by atoms with Gasteiger partial charge < -0.3 is 0 Å². The van der Waals surface area contributed by atoms with Gasteiger partial charge in [0.15, 0.2) is 0 Å². The first-order chi connectivity index (χ1) is 20.4. The van der Waals surface area contributed by atoms with Gasteiger partial charge in [0.2, 0.25) is 0 Å². The molecule has 0 fully saturated rings. The molecule has 0 unspecified atom stereocenters. The highest BCUT2D eigenvalue weighted by atomic mass is 127. The molecule has 6 heteroatoms. The topological polar surface area (TPSA) is 12.9 Å². The molecule has 0 aliphatic heterocycles. The van der Waals surface area contributed by atoms with E-state index in [1.807, 2.05) is 54.6 Å². The molecular weight excluding hydrogens is 818 g/mol. The summed E-state index contributed by atoms with van der Waals surface area (Å²) in [7, 11) is 0. The van der Waals surface area contributed by atoms with Crippen LogP contribution in [0.5, 0.6) is 0 Å². The number of halogens is 5. The third kappa shape index (κ3) is 4.53. The van der Waals surface area contributed by atoms with Crippen molar-refractivity contribution in [1.82, 2.24) is 4.98 Å². The lowest BCUT2D eigenvalue weighted by molar-refractivity contribution is 0.587. The van der Waals surface area contributed by atoms with Crippen molar-refractivity contribution in [2.75, 3.05) is 0 Å². The molecule has 42 heavy (non-hydrogen) atoms. The number of aromatic nitrogens is 1. The van der Waals surface area contributed by atoms with Crippen molar-refractivity contribution >= 4 is 61.1 Å². The Labute approximate surface area is 278 Å². The molecule has 204 valence electrons. The zero-order valence-corrected chi connectivity index (χ0v) is 27.8. The van der Waals surface area contributed by atoms with Crippen molar-refractivity contribution in [2.45, 2.75) is 5.41 Å². The fourth-order valence-electron chi connectivity index (χ4n) is 6.11. The van der Waals surface area contributed by atoms with Crippen LogP contribution in [-0.2, 0) is 5.41 Å². The van der Waals surface area contributed by atoms with E-state index in [4.69, 9.17) is 4.98 Å². The molecule has 0 saturated carbocycles. The third-order valence-electron chi connectivity index (χ3n) is 7.87. The highest BCUT2D eigenvalue weighted by molar-refractivity contribution is 14.1. The second-order valence-electron chi connectivity index (χ2n) is 10.2. The average molecular weight is 838 g/mol. The Morgan fingerprint density at radius 3 is 1.88 bits per heavy atom. The maximum Gasteiger partial charge on any atom is 0.135 e. The van der Waals surface area contributed by atoms with E-state index in [2.05, 4.69) is 110 Å². The van der Waals surface area contributed by atoms with Crippen LogP contribution in [0, 0.1) is 18.8 Å². The van der Waals surface area contributed by atoms with Gasteiger partial charge in [-0.25, -0.2) is 8.78 Å². The number of hydrogen-bond acceptors (Lipinski definition) is 1. The molecule has 0 amide bonds. The van der Waals surface area contributed by atoms with Gasteiger partial charge in [-0.2, -0.15) is 0 Å². The van der Waals surface area contributed by atoms with E-state index >= 15 is 8.78 Å². The number of benzene rings is 5. The zero-order valence-electron chi connectivity index (χ0n) is 21.9. The molecular formula is C36H20BrF2I2N. The van der Waals surface area contributed by atoms with Gasteiger partial charge in [-0.1, -0.05) is 76.6 Å². The SMILES string of the molecule is Fc1cc(F)c(-c2cccc(C3(c4ccccc4)c4cc(I)ccc4-c4ccc(I)cc43)n2)cc1-c1cccc(Br)c1. The molecule has 0 N–H and O–H groups in total. The predicted octanol–water partition coefficient (Wildman–Crippen LogP) is 11.0. The Balaban J connectivity index is 1.52. The van der Waals surface area contributed by atoms with Crippen molar-refractivity contribution in [3.05, 3.63) is 167 Å². The molecule has 0 bridgehead atoms. The number of hydrogen-bond donors (Lipinski definition) is 0. The zero-order chi connectivity index (χ0) is 29.0. The van der Waals surface area contributed by atoms with Crippen LogP contribution in [0.4, 0.5) is 8.78 Å². The van der Waals surface area contributed by atoms with Gasteiger partial charge in [-0.05, 0) is 133 Å². The van der Waals surface area contributed by atoms with Gasteiger partial charge in [0.05, 0.1) is 16.8 Å². The van der Waals surface area contributed by atoms with Crippen molar-refractivity contribution in [3.63, 3.8) is 0 Å². The lowest BCUT2D eigenvalue weighted by atomic mass is 9.70. The van der Waals surface area contributed by atoms with Crippen LogP contribution in [-0.4, -0.2) is 4.98 Å². The normalized spacial score (nSPS) is 13.1. The van der Waals surface area contributed by atoms with E-state index in [0.29, 0.717) is 16.8 Å². The second kappa shape index (κ2) is 11.0. The molecule has 0 atom stereocenters. The summed E-state index contributed by atoms with van der Waals surface area (Å²) in [6.45, 7) is 0. The number of nitrogens with zero attached hydrogens (tertiary/aromatic N) is 1. The lowest BCUT2D eigenvalue weighted by Crippen LogP contribution is -2.30. The minimum Gasteiger partial charge on any atom is -0.251 e. The molecule has 5 aromatic carbocycles. The molecule has 0 spiro atoms. The van der Waals surface area contributed by atoms with E-state index in [1.54, 1.807) is 12.1 Å². The molecule has 1 heterocycles. The van der Waals surface area contributed by atoms with E-state index < -0.39 is 17.0 Å². The molecule has 1 nitrogen and oxygen atoms in total. The molecule has 0 radical (unpaired) electrons. The summed E-state index contributed by atoms with van der Waals surface area (Å²) in [5.74, 6) is -1.27. The summed E-state index contributed by atoms with van der Waals surface area (Å²) in [5, 5.41) is 0. The molecule has 1 aromatic heterocycles. The molecule has 7 rings (SSSR count). The quantitative estimate of drug-likeness (QED) is 0.161. The van der Waals surface area contributed by atoms with E-state index in [0.717, 1.165) is 51.2 Å². The highest BCUT2D eigenvalue weighted by Gasteiger charge is 2.47.